The number of rotatable bonds is 4. The average Bonchev–Trinajstić information content (AvgIpc) is 2.33. The molecular weight excluding hydrogens is 162 g/mol. The zero-order valence-electron chi connectivity index (χ0n) is 8.54. The monoisotopic (exact) mass is 179 g/mol. The van der Waals surface area contributed by atoms with Crippen LogP contribution in [0.3, 0.4) is 0 Å². The molecule has 1 aromatic rings. The Morgan fingerprint density at radius 2 is 2.38 bits per heavy atom. The van der Waals surface area contributed by atoms with E-state index < -0.39 is 0 Å². The first kappa shape index (κ1) is 9.84. The molecule has 72 valence electrons. The van der Waals surface area contributed by atoms with E-state index >= 15 is 0 Å². The summed E-state index contributed by atoms with van der Waals surface area (Å²) >= 11 is 0. The molecule has 0 bridgehead atoms. The van der Waals surface area contributed by atoms with Crippen molar-refractivity contribution in [2.75, 3.05) is 0 Å². The first-order chi connectivity index (χ1) is 6.08. The van der Waals surface area contributed by atoms with Crippen LogP contribution in [0.1, 0.15) is 19.5 Å². The number of hydrogen-bond acceptors (Lipinski definition) is 2. The van der Waals surface area contributed by atoms with E-state index in [4.69, 9.17) is 0 Å². The van der Waals surface area contributed by atoms with Crippen LogP contribution in [-0.2, 0) is 6.54 Å². The van der Waals surface area contributed by atoms with Crippen LogP contribution in [0.25, 0.3) is 0 Å². The summed E-state index contributed by atoms with van der Waals surface area (Å²) in [5, 5.41) is 7.52. The second-order valence-corrected chi connectivity index (χ2v) is 3.56. The van der Waals surface area contributed by atoms with Crippen LogP contribution in [0.15, 0.2) is 24.5 Å². The number of aromatic nitrogens is 2. The fourth-order valence-corrected chi connectivity index (χ4v) is 1.20. The lowest BCUT2D eigenvalue weighted by molar-refractivity contribution is 0.584. The zero-order chi connectivity index (χ0) is 9.84. The van der Waals surface area contributed by atoms with Crippen molar-refractivity contribution in [3.05, 3.63) is 30.2 Å². The van der Waals surface area contributed by atoms with Crippen molar-refractivity contribution in [2.45, 2.75) is 33.4 Å². The van der Waals surface area contributed by atoms with Crippen molar-refractivity contribution in [2.24, 2.45) is 0 Å². The van der Waals surface area contributed by atoms with Gasteiger partial charge in [-0.3, -0.25) is 4.68 Å². The van der Waals surface area contributed by atoms with Gasteiger partial charge < -0.3 is 5.32 Å². The van der Waals surface area contributed by atoms with E-state index in [1.807, 2.05) is 23.9 Å². The lowest BCUT2D eigenvalue weighted by Gasteiger charge is -2.12. The Morgan fingerprint density at radius 1 is 1.69 bits per heavy atom. The van der Waals surface area contributed by atoms with Gasteiger partial charge in [-0.05, 0) is 26.8 Å². The molecule has 3 heteroatoms. The maximum Gasteiger partial charge on any atom is 0.0799 e. The first-order valence-corrected chi connectivity index (χ1v) is 4.52. The summed E-state index contributed by atoms with van der Waals surface area (Å²) in [6, 6.07) is 2.42. The molecule has 1 aromatic heterocycles. The summed E-state index contributed by atoms with van der Waals surface area (Å²) in [5.41, 5.74) is 2.04. The van der Waals surface area contributed by atoms with Crippen LogP contribution in [0.4, 0.5) is 0 Å². The molecule has 0 aliphatic rings. The highest BCUT2D eigenvalue weighted by molar-refractivity contribution is 4.98. The lowest BCUT2D eigenvalue weighted by Crippen LogP contribution is -2.24. The predicted octanol–water partition coefficient (Wildman–Crippen LogP) is 1.70. The number of allylic oxidation sites excluding steroid dienone is 1. The van der Waals surface area contributed by atoms with E-state index in [9.17, 15) is 0 Å². The topological polar surface area (TPSA) is 29.9 Å². The Balaban J connectivity index is 2.45. The van der Waals surface area contributed by atoms with Gasteiger partial charge in [0.25, 0.3) is 0 Å². The molecule has 13 heavy (non-hydrogen) atoms. The van der Waals surface area contributed by atoms with E-state index in [1.165, 1.54) is 0 Å². The van der Waals surface area contributed by atoms with Crippen LogP contribution in [0.2, 0.25) is 0 Å². The van der Waals surface area contributed by atoms with Crippen molar-refractivity contribution in [3.8, 4) is 0 Å². The first-order valence-electron chi connectivity index (χ1n) is 4.52. The van der Waals surface area contributed by atoms with Gasteiger partial charge in [0, 0.05) is 17.9 Å². The minimum Gasteiger partial charge on any atom is -0.385 e. The van der Waals surface area contributed by atoms with Gasteiger partial charge in [0.2, 0.25) is 0 Å². The van der Waals surface area contributed by atoms with Gasteiger partial charge >= 0.3 is 0 Å². The molecule has 0 aliphatic heterocycles. The molecule has 0 aromatic carbocycles. The summed E-state index contributed by atoms with van der Waals surface area (Å²) in [6.45, 7) is 10.8. The maximum atomic E-state index is 4.27. The van der Waals surface area contributed by atoms with Crippen molar-refractivity contribution < 1.29 is 0 Å². The Hall–Kier alpha value is -1.25. The highest BCUT2D eigenvalue weighted by Crippen LogP contribution is 1.97. The summed E-state index contributed by atoms with van der Waals surface area (Å²) in [5.74, 6) is 0. The minimum atomic E-state index is 0.434. The van der Waals surface area contributed by atoms with E-state index in [1.54, 1.807) is 0 Å². The maximum absolute atomic E-state index is 4.27. The fraction of sp³-hybridized carbons (Fsp3) is 0.500. The Bertz CT molecular complexity index is 286. The van der Waals surface area contributed by atoms with Crippen molar-refractivity contribution in [1.82, 2.24) is 15.1 Å². The second kappa shape index (κ2) is 4.12. The number of hydrogen-bond donors (Lipinski definition) is 1. The molecule has 0 aliphatic carbocycles. The van der Waals surface area contributed by atoms with Gasteiger partial charge in [0.1, 0.15) is 0 Å². The number of aryl methyl sites for hydroxylation is 1. The van der Waals surface area contributed by atoms with Crippen LogP contribution < -0.4 is 5.32 Å². The third kappa shape index (κ3) is 3.32. The highest BCUT2D eigenvalue weighted by Gasteiger charge is 1.98. The standard InChI is InChI=1S/C10H17N3/c1-8(2)11-10(4)7-13-6-5-9(3)12-13/h5-6,8,11H,4,7H2,1-3H3. The summed E-state index contributed by atoms with van der Waals surface area (Å²) < 4.78 is 1.88. The van der Waals surface area contributed by atoms with Gasteiger partial charge in [-0.15, -0.1) is 0 Å². The van der Waals surface area contributed by atoms with Crippen LogP contribution >= 0.6 is 0 Å². The molecule has 0 saturated heterocycles. The quantitative estimate of drug-likeness (QED) is 0.762. The third-order valence-electron chi connectivity index (χ3n) is 1.62. The number of nitrogens with zero attached hydrogens (tertiary/aromatic N) is 2. The van der Waals surface area contributed by atoms with Gasteiger partial charge in [0.05, 0.1) is 12.2 Å². The van der Waals surface area contributed by atoms with E-state index in [0.29, 0.717) is 6.04 Å². The lowest BCUT2D eigenvalue weighted by atomic mass is 10.3. The number of nitrogens with one attached hydrogen (secondary N) is 1. The Morgan fingerprint density at radius 3 is 2.85 bits per heavy atom. The van der Waals surface area contributed by atoms with E-state index in [0.717, 1.165) is 17.9 Å². The minimum absolute atomic E-state index is 0.434. The molecule has 1 N–H and O–H groups in total. The largest absolute Gasteiger partial charge is 0.385 e. The zero-order valence-corrected chi connectivity index (χ0v) is 8.54. The summed E-state index contributed by atoms with van der Waals surface area (Å²) in [6.07, 6.45) is 1.96. The van der Waals surface area contributed by atoms with Crippen LogP contribution in [-0.4, -0.2) is 15.8 Å². The molecule has 0 fully saturated rings. The van der Waals surface area contributed by atoms with Crippen molar-refractivity contribution in [3.63, 3.8) is 0 Å². The second-order valence-electron chi connectivity index (χ2n) is 3.56. The predicted molar refractivity (Wildman–Crippen MR) is 54.4 cm³/mol. The molecule has 0 atom stereocenters. The fourth-order valence-electron chi connectivity index (χ4n) is 1.20. The molecule has 0 saturated carbocycles. The molecule has 0 spiro atoms. The smallest absolute Gasteiger partial charge is 0.0799 e. The van der Waals surface area contributed by atoms with E-state index in [-0.39, 0.29) is 0 Å². The molecule has 3 nitrogen and oxygen atoms in total. The average molecular weight is 179 g/mol. The van der Waals surface area contributed by atoms with Crippen LogP contribution in [0.5, 0.6) is 0 Å². The summed E-state index contributed by atoms with van der Waals surface area (Å²) in [7, 11) is 0. The van der Waals surface area contributed by atoms with Gasteiger partial charge in [-0.1, -0.05) is 6.58 Å². The third-order valence-corrected chi connectivity index (χ3v) is 1.62. The van der Waals surface area contributed by atoms with Crippen LogP contribution in [0, 0.1) is 6.92 Å². The molecule has 1 heterocycles. The van der Waals surface area contributed by atoms with Gasteiger partial charge in [-0.25, -0.2) is 0 Å². The Labute approximate surface area is 79.5 Å². The van der Waals surface area contributed by atoms with Gasteiger partial charge in [0.15, 0.2) is 0 Å². The van der Waals surface area contributed by atoms with Gasteiger partial charge in [-0.2, -0.15) is 5.10 Å². The van der Waals surface area contributed by atoms with Crippen molar-refractivity contribution >= 4 is 0 Å². The normalized spacial score (nSPS) is 10.5. The molecule has 1 rings (SSSR count). The molecular formula is C10H17N3. The van der Waals surface area contributed by atoms with Crippen molar-refractivity contribution in [1.29, 1.82) is 0 Å². The molecule has 0 unspecified atom stereocenters. The SMILES string of the molecule is C=C(Cn1ccc(C)n1)NC(C)C. The molecule has 0 radical (unpaired) electrons. The molecule has 0 amide bonds. The highest BCUT2D eigenvalue weighted by atomic mass is 15.3. The Kier molecular flexibility index (Phi) is 3.12. The summed E-state index contributed by atoms with van der Waals surface area (Å²) in [4.78, 5) is 0. The van der Waals surface area contributed by atoms with E-state index in [2.05, 4.69) is 30.8 Å².